The molecule has 0 saturated carbocycles. The van der Waals surface area contributed by atoms with Crippen LogP contribution in [-0.4, -0.2) is 25.6 Å². The highest BCUT2D eigenvalue weighted by Crippen LogP contribution is 2.14. The van der Waals surface area contributed by atoms with Gasteiger partial charge in [0.25, 0.3) is 0 Å². The summed E-state index contributed by atoms with van der Waals surface area (Å²) < 4.78 is 1.63. The zero-order valence-electron chi connectivity index (χ0n) is 7.21. The molecule has 5 heteroatoms. The number of carbonyl (C=O) groups is 1. The smallest absolute Gasteiger partial charge is 0.311 e. The van der Waals surface area contributed by atoms with E-state index in [0.717, 1.165) is 0 Å². The van der Waals surface area contributed by atoms with Crippen molar-refractivity contribution in [1.82, 2.24) is 9.38 Å². The van der Waals surface area contributed by atoms with Crippen molar-refractivity contribution >= 4 is 11.5 Å². The van der Waals surface area contributed by atoms with E-state index in [9.17, 15) is 4.79 Å². The van der Waals surface area contributed by atoms with Crippen molar-refractivity contribution in [3.8, 4) is 5.75 Å². The van der Waals surface area contributed by atoms with Gasteiger partial charge in [-0.3, -0.25) is 4.79 Å². The molecule has 0 unspecified atom stereocenters. The van der Waals surface area contributed by atoms with Crippen LogP contribution in [0.3, 0.4) is 0 Å². The number of rotatable bonds is 2. The molecule has 0 bridgehead atoms. The Morgan fingerprint density at radius 1 is 1.57 bits per heavy atom. The predicted octanol–water partition coefficient (Wildman–Crippen LogP) is 0.667. The number of carboxylic acid groups (broad SMARTS) is 1. The maximum Gasteiger partial charge on any atom is 0.311 e. The Labute approximate surface area is 79.2 Å². The largest absolute Gasteiger partial charge is 0.508 e. The Kier molecular flexibility index (Phi) is 1.85. The molecule has 0 fully saturated rings. The van der Waals surface area contributed by atoms with Crippen molar-refractivity contribution in [3.63, 3.8) is 0 Å². The molecule has 14 heavy (non-hydrogen) atoms. The molecule has 0 amide bonds. The molecular formula is C9H8N2O3. The molecular weight excluding hydrogens is 184 g/mol. The lowest BCUT2D eigenvalue weighted by Crippen LogP contribution is -2.04. The molecule has 2 heterocycles. The number of imidazole rings is 1. The Hall–Kier alpha value is -2.04. The first-order valence-corrected chi connectivity index (χ1v) is 4.03. The highest BCUT2D eigenvalue weighted by atomic mass is 16.4. The first-order chi connectivity index (χ1) is 6.66. The van der Waals surface area contributed by atoms with E-state index in [1.807, 2.05) is 0 Å². The van der Waals surface area contributed by atoms with Gasteiger partial charge in [-0.1, -0.05) is 0 Å². The second-order valence-electron chi connectivity index (χ2n) is 2.92. The Balaban J connectivity index is 2.52. The third-order valence-electron chi connectivity index (χ3n) is 1.90. The zero-order chi connectivity index (χ0) is 10.1. The fourth-order valence-corrected chi connectivity index (χ4v) is 1.31. The van der Waals surface area contributed by atoms with Gasteiger partial charge in [0.2, 0.25) is 0 Å². The molecule has 0 aromatic carbocycles. The summed E-state index contributed by atoms with van der Waals surface area (Å²) in [6.45, 7) is 0. The Morgan fingerprint density at radius 3 is 3.07 bits per heavy atom. The van der Waals surface area contributed by atoms with Gasteiger partial charge >= 0.3 is 5.97 Å². The molecule has 2 aromatic heterocycles. The van der Waals surface area contributed by atoms with Gasteiger partial charge in [0.1, 0.15) is 18.0 Å². The lowest BCUT2D eigenvalue weighted by Gasteiger charge is -1.98. The average molecular weight is 192 g/mol. The van der Waals surface area contributed by atoms with Crippen LogP contribution in [0.25, 0.3) is 5.52 Å². The van der Waals surface area contributed by atoms with E-state index in [0.29, 0.717) is 11.3 Å². The molecule has 0 aliphatic heterocycles. The molecule has 2 rings (SSSR count). The zero-order valence-corrected chi connectivity index (χ0v) is 7.21. The summed E-state index contributed by atoms with van der Waals surface area (Å²) in [5, 5.41) is 17.8. The number of aliphatic carboxylic acids is 1. The summed E-state index contributed by atoms with van der Waals surface area (Å²) in [7, 11) is 0. The van der Waals surface area contributed by atoms with Crippen LogP contribution in [0.15, 0.2) is 24.5 Å². The van der Waals surface area contributed by atoms with Gasteiger partial charge in [0, 0.05) is 12.3 Å². The summed E-state index contributed by atoms with van der Waals surface area (Å²) in [6.07, 6.45) is 2.99. The van der Waals surface area contributed by atoms with Crippen molar-refractivity contribution in [2.75, 3.05) is 0 Å². The number of hydrogen-bond acceptors (Lipinski definition) is 3. The quantitative estimate of drug-likeness (QED) is 0.733. The van der Waals surface area contributed by atoms with Crippen LogP contribution < -0.4 is 0 Å². The molecule has 5 nitrogen and oxygen atoms in total. The van der Waals surface area contributed by atoms with Crippen LogP contribution in [0.4, 0.5) is 0 Å². The highest BCUT2D eigenvalue weighted by molar-refractivity contribution is 5.69. The monoisotopic (exact) mass is 192 g/mol. The van der Waals surface area contributed by atoms with Crippen LogP contribution in [0.2, 0.25) is 0 Å². The number of nitrogens with zero attached hydrogens (tertiary/aromatic N) is 2. The molecule has 0 radical (unpaired) electrons. The van der Waals surface area contributed by atoms with Crippen molar-refractivity contribution in [2.24, 2.45) is 0 Å². The van der Waals surface area contributed by atoms with Gasteiger partial charge in [-0.15, -0.1) is 0 Å². The Morgan fingerprint density at radius 2 is 2.36 bits per heavy atom. The second-order valence-corrected chi connectivity index (χ2v) is 2.92. The fourth-order valence-electron chi connectivity index (χ4n) is 1.31. The first kappa shape index (κ1) is 8.55. The summed E-state index contributed by atoms with van der Waals surface area (Å²) in [6, 6.07) is 3.01. The van der Waals surface area contributed by atoms with E-state index in [-0.39, 0.29) is 12.2 Å². The summed E-state index contributed by atoms with van der Waals surface area (Å²) >= 11 is 0. The van der Waals surface area contributed by atoms with Gasteiger partial charge in [0.05, 0.1) is 11.7 Å². The van der Waals surface area contributed by atoms with Crippen molar-refractivity contribution in [3.05, 3.63) is 30.4 Å². The van der Waals surface area contributed by atoms with E-state index in [1.165, 1.54) is 18.3 Å². The number of pyridine rings is 1. The molecule has 0 aliphatic rings. The number of fused-ring (bicyclic) bond motifs is 1. The molecule has 2 N–H and O–H groups in total. The minimum Gasteiger partial charge on any atom is -0.508 e. The summed E-state index contributed by atoms with van der Waals surface area (Å²) in [5.74, 6) is -0.336. The Bertz CT molecular complexity index is 490. The van der Waals surface area contributed by atoms with Crippen LogP contribution in [0.5, 0.6) is 5.75 Å². The predicted molar refractivity (Wildman–Crippen MR) is 48.2 cm³/mol. The van der Waals surface area contributed by atoms with Crippen LogP contribution >= 0.6 is 0 Å². The van der Waals surface area contributed by atoms with Gasteiger partial charge in [-0.25, -0.2) is 4.98 Å². The van der Waals surface area contributed by atoms with Crippen molar-refractivity contribution < 1.29 is 15.0 Å². The van der Waals surface area contributed by atoms with Crippen molar-refractivity contribution in [1.29, 1.82) is 0 Å². The van der Waals surface area contributed by atoms with Crippen LogP contribution in [0, 0.1) is 0 Å². The highest BCUT2D eigenvalue weighted by Gasteiger charge is 2.07. The lowest BCUT2D eigenvalue weighted by molar-refractivity contribution is -0.136. The first-order valence-electron chi connectivity index (χ1n) is 4.03. The topological polar surface area (TPSA) is 74.8 Å². The van der Waals surface area contributed by atoms with Gasteiger partial charge in [0.15, 0.2) is 0 Å². The minimum atomic E-state index is -0.925. The average Bonchev–Trinajstić information content (AvgIpc) is 2.47. The molecule has 72 valence electrons. The second kappa shape index (κ2) is 3.02. The molecule has 0 atom stereocenters. The number of aromatic nitrogens is 2. The number of aromatic hydroxyl groups is 1. The lowest BCUT2D eigenvalue weighted by atomic mass is 10.4. The maximum atomic E-state index is 10.5. The van der Waals surface area contributed by atoms with Gasteiger partial charge in [-0.05, 0) is 6.07 Å². The third kappa shape index (κ3) is 1.39. The standard InChI is InChI=1S/C9H8N2O3/c12-7-1-2-11-6(3-7)5-10-8(11)4-9(13)14/h1-3,5,12H,4H2,(H,13,14). The summed E-state index contributed by atoms with van der Waals surface area (Å²) in [4.78, 5) is 14.4. The SMILES string of the molecule is O=C(O)Cc1ncc2cc(O)ccn12. The molecule has 0 saturated heterocycles. The van der Waals surface area contributed by atoms with E-state index in [2.05, 4.69) is 4.98 Å². The minimum absolute atomic E-state index is 0.126. The third-order valence-corrected chi connectivity index (χ3v) is 1.90. The molecule has 2 aromatic rings. The van der Waals surface area contributed by atoms with E-state index in [4.69, 9.17) is 10.2 Å². The van der Waals surface area contributed by atoms with Crippen molar-refractivity contribution in [2.45, 2.75) is 6.42 Å². The summed E-state index contributed by atoms with van der Waals surface area (Å²) in [5.41, 5.74) is 0.682. The van der Waals surface area contributed by atoms with Crippen LogP contribution in [0.1, 0.15) is 5.82 Å². The van der Waals surface area contributed by atoms with Gasteiger partial charge < -0.3 is 14.6 Å². The normalized spacial score (nSPS) is 10.6. The fraction of sp³-hybridized carbons (Fsp3) is 0.111. The number of hydrogen-bond donors (Lipinski definition) is 2. The van der Waals surface area contributed by atoms with E-state index in [1.54, 1.807) is 10.6 Å². The van der Waals surface area contributed by atoms with E-state index >= 15 is 0 Å². The van der Waals surface area contributed by atoms with Crippen LogP contribution in [-0.2, 0) is 11.2 Å². The maximum absolute atomic E-state index is 10.5. The number of carboxylic acids is 1. The molecule has 0 aliphatic carbocycles. The van der Waals surface area contributed by atoms with Gasteiger partial charge in [-0.2, -0.15) is 0 Å². The molecule has 0 spiro atoms. The van der Waals surface area contributed by atoms with E-state index < -0.39 is 5.97 Å².